The number of rotatable bonds is 4. The summed E-state index contributed by atoms with van der Waals surface area (Å²) >= 11 is 0. The molecule has 0 aliphatic carbocycles. The number of nitrogens with zero attached hydrogens (tertiary/aromatic N) is 1. The molecule has 0 aromatic heterocycles. The van der Waals surface area contributed by atoms with Gasteiger partial charge in [-0.1, -0.05) is 12.1 Å². The molecule has 9 heteroatoms. The maximum Gasteiger partial charge on any atom is 0.416 e. The van der Waals surface area contributed by atoms with Crippen molar-refractivity contribution >= 4 is 22.6 Å². The number of hydrogen-bond acceptors (Lipinski definition) is 3. The molecule has 3 aromatic rings. The lowest BCUT2D eigenvalue weighted by molar-refractivity contribution is -0.137. The van der Waals surface area contributed by atoms with E-state index in [2.05, 4.69) is 0 Å². The van der Waals surface area contributed by atoms with E-state index in [1.165, 1.54) is 30.3 Å². The van der Waals surface area contributed by atoms with Gasteiger partial charge in [0, 0.05) is 11.1 Å². The highest BCUT2D eigenvalue weighted by Gasteiger charge is 2.31. The van der Waals surface area contributed by atoms with Gasteiger partial charge in [0.15, 0.2) is 0 Å². The van der Waals surface area contributed by atoms with E-state index in [0.29, 0.717) is 22.9 Å². The van der Waals surface area contributed by atoms with Crippen LogP contribution in [0.5, 0.6) is 0 Å². The van der Waals surface area contributed by atoms with E-state index < -0.39 is 35.9 Å². The second-order valence-corrected chi connectivity index (χ2v) is 6.35. The van der Waals surface area contributed by atoms with E-state index >= 15 is 0 Å². The number of carbonyl (C=O) groups excluding carboxylic acids is 2. The lowest BCUT2D eigenvalue weighted by Crippen LogP contribution is -2.27. The lowest BCUT2D eigenvalue weighted by Gasteiger charge is -2.17. The number of amides is 2. The Hall–Kier alpha value is -3.46. The van der Waals surface area contributed by atoms with E-state index in [1.807, 2.05) is 0 Å². The van der Waals surface area contributed by atoms with E-state index in [9.17, 15) is 32.4 Å². The number of carbonyl (C=O) groups is 2. The number of halogens is 4. The molecule has 2 amide bonds. The van der Waals surface area contributed by atoms with Crippen molar-refractivity contribution in [3.8, 4) is 0 Å². The first kappa shape index (κ1) is 20.3. The quantitative estimate of drug-likeness (QED) is 0.388. The molecule has 0 saturated heterocycles. The number of benzene rings is 3. The molecule has 0 aliphatic heterocycles. The number of primary amides is 1. The summed E-state index contributed by atoms with van der Waals surface area (Å²) < 4.78 is 51.9. The van der Waals surface area contributed by atoms with Crippen molar-refractivity contribution in [1.82, 2.24) is 5.06 Å². The third kappa shape index (κ3) is 4.52. The standard InChI is InChI=1S/C20H14F4N2O3/c21-17-6-11(5-16(9-17)20(22,23)24)10-26(29)19(28)15-4-2-12-7-14(18(25)27)3-1-13(12)8-15/h1-9,29H,10H2,(H2,25,27). The van der Waals surface area contributed by atoms with E-state index in [0.717, 1.165) is 6.07 Å². The van der Waals surface area contributed by atoms with Crippen molar-refractivity contribution in [2.24, 2.45) is 5.73 Å². The molecule has 3 N–H and O–H groups in total. The molecule has 0 saturated carbocycles. The molecule has 0 unspecified atom stereocenters. The van der Waals surface area contributed by atoms with Crippen LogP contribution in [0.4, 0.5) is 17.6 Å². The Morgan fingerprint density at radius 2 is 1.52 bits per heavy atom. The first-order valence-electron chi connectivity index (χ1n) is 8.25. The van der Waals surface area contributed by atoms with Crippen molar-refractivity contribution in [1.29, 1.82) is 0 Å². The number of hydroxylamine groups is 2. The summed E-state index contributed by atoms with van der Waals surface area (Å²) in [5.74, 6) is -2.63. The second kappa shape index (κ2) is 7.51. The summed E-state index contributed by atoms with van der Waals surface area (Å²) in [5.41, 5.74) is 4.11. The number of nitrogens with two attached hydrogens (primary N) is 1. The molecule has 0 radical (unpaired) electrons. The summed E-state index contributed by atoms with van der Waals surface area (Å²) in [5, 5.41) is 11.4. The molecule has 0 bridgehead atoms. The van der Waals surface area contributed by atoms with Crippen molar-refractivity contribution in [3.63, 3.8) is 0 Å². The zero-order valence-electron chi connectivity index (χ0n) is 14.7. The first-order chi connectivity index (χ1) is 13.5. The molecule has 3 aromatic carbocycles. The average Bonchev–Trinajstić information content (AvgIpc) is 2.65. The van der Waals surface area contributed by atoms with Gasteiger partial charge in [-0.3, -0.25) is 14.8 Å². The largest absolute Gasteiger partial charge is 0.416 e. The molecule has 0 spiro atoms. The number of hydrogen-bond donors (Lipinski definition) is 2. The predicted molar refractivity (Wildman–Crippen MR) is 95.5 cm³/mol. The molecule has 0 fully saturated rings. The molecule has 3 rings (SSSR count). The van der Waals surface area contributed by atoms with E-state index in [1.54, 1.807) is 6.07 Å². The molecule has 0 heterocycles. The average molecular weight is 406 g/mol. The molecule has 0 atom stereocenters. The van der Waals surface area contributed by atoms with Gasteiger partial charge in [-0.15, -0.1) is 0 Å². The minimum Gasteiger partial charge on any atom is -0.366 e. The maximum atomic E-state index is 13.5. The van der Waals surface area contributed by atoms with Crippen molar-refractivity contribution in [2.75, 3.05) is 0 Å². The summed E-state index contributed by atoms with van der Waals surface area (Å²) in [6.45, 7) is -0.641. The fourth-order valence-corrected chi connectivity index (χ4v) is 2.83. The van der Waals surface area contributed by atoms with Crippen LogP contribution < -0.4 is 5.73 Å². The third-order valence-corrected chi connectivity index (χ3v) is 4.22. The molecule has 150 valence electrons. The Labute approximate surface area is 161 Å². The van der Waals surface area contributed by atoms with Crippen molar-refractivity contribution in [3.05, 3.63) is 82.7 Å². The van der Waals surface area contributed by atoms with Crippen LogP contribution in [-0.4, -0.2) is 22.1 Å². The van der Waals surface area contributed by atoms with Gasteiger partial charge in [-0.2, -0.15) is 13.2 Å². The smallest absolute Gasteiger partial charge is 0.366 e. The zero-order chi connectivity index (χ0) is 21.3. The highest BCUT2D eigenvalue weighted by Crippen LogP contribution is 2.30. The molecule has 0 aliphatic rings. The van der Waals surface area contributed by atoms with Gasteiger partial charge in [0.25, 0.3) is 5.91 Å². The Kier molecular flexibility index (Phi) is 5.25. The van der Waals surface area contributed by atoms with Crippen LogP contribution in [0.1, 0.15) is 31.8 Å². The van der Waals surface area contributed by atoms with Crippen LogP contribution in [0.25, 0.3) is 10.8 Å². The minimum absolute atomic E-state index is 0.0549. The van der Waals surface area contributed by atoms with Crippen LogP contribution >= 0.6 is 0 Å². The van der Waals surface area contributed by atoms with Gasteiger partial charge in [0.05, 0.1) is 12.1 Å². The highest BCUT2D eigenvalue weighted by molar-refractivity contribution is 6.01. The van der Waals surface area contributed by atoms with Gasteiger partial charge in [-0.05, 0) is 58.8 Å². The van der Waals surface area contributed by atoms with Crippen LogP contribution in [0.2, 0.25) is 0 Å². The Morgan fingerprint density at radius 3 is 2.10 bits per heavy atom. The Balaban J connectivity index is 1.84. The first-order valence-corrected chi connectivity index (χ1v) is 8.25. The van der Waals surface area contributed by atoms with Crippen LogP contribution in [-0.2, 0) is 12.7 Å². The van der Waals surface area contributed by atoms with Gasteiger partial charge < -0.3 is 5.73 Å². The summed E-state index contributed by atoms with van der Waals surface area (Å²) in [6, 6.07) is 10.7. The van der Waals surface area contributed by atoms with Gasteiger partial charge in [-0.25, -0.2) is 9.45 Å². The Morgan fingerprint density at radius 1 is 0.931 bits per heavy atom. The molecular weight excluding hydrogens is 392 g/mol. The fourth-order valence-electron chi connectivity index (χ4n) is 2.83. The molecule has 29 heavy (non-hydrogen) atoms. The van der Waals surface area contributed by atoms with Crippen LogP contribution in [0.3, 0.4) is 0 Å². The Bertz CT molecular complexity index is 1110. The normalized spacial score (nSPS) is 11.5. The monoisotopic (exact) mass is 406 g/mol. The van der Waals surface area contributed by atoms with Crippen molar-refractivity contribution < 1.29 is 32.4 Å². The molecular formula is C20H14F4N2O3. The maximum absolute atomic E-state index is 13.5. The second-order valence-electron chi connectivity index (χ2n) is 6.35. The van der Waals surface area contributed by atoms with Crippen LogP contribution in [0.15, 0.2) is 54.6 Å². The summed E-state index contributed by atoms with van der Waals surface area (Å²) in [4.78, 5) is 23.6. The van der Waals surface area contributed by atoms with E-state index in [-0.39, 0.29) is 21.8 Å². The van der Waals surface area contributed by atoms with E-state index in [4.69, 9.17) is 5.73 Å². The van der Waals surface area contributed by atoms with Crippen molar-refractivity contribution in [2.45, 2.75) is 12.7 Å². The topological polar surface area (TPSA) is 83.6 Å². The SMILES string of the molecule is NC(=O)c1ccc2cc(C(=O)N(O)Cc3cc(F)cc(C(F)(F)F)c3)ccc2c1. The predicted octanol–water partition coefficient (Wildman–Crippen LogP) is 4.13. The minimum atomic E-state index is -4.76. The van der Waals surface area contributed by atoms with Gasteiger partial charge in [0.2, 0.25) is 5.91 Å². The summed E-state index contributed by atoms with van der Waals surface area (Å²) in [6.07, 6.45) is -4.76. The molecule has 5 nitrogen and oxygen atoms in total. The zero-order valence-corrected chi connectivity index (χ0v) is 14.7. The lowest BCUT2D eigenvalue weighted by atomic mass is 10.0. The van der Waals surface area contributed by atoms with Gasteiger partial charge in [0.1, 0.15) is 5.82 Å². The number of alkyl halides is 3. The third-order valence-electron chi connectivity index (χ3n) is 4.22. The number of fused-ring (bicyclic) bond motifs is 1. The van der Waals surface area contributed by atoms with Gasteiger partial charge >= 0.3 is 6.18 Å². The summed E-state index contributed by atoms with van der Waals surface area (Å²) in [7, 11) is 0. The van der Waals surface area contributed by atoms with Crippen LogP contribution in [0, 0.1) is 5.82 Å². The fraction of sp³-hybridized carbons (Fsp3) is 0.100. The highest BCUT2D eigenvalue weighted by atomic mass is 19.4.